The highest BCUT2D eigenvalue weighted by molar-refractivity contribution is 9.10. The zero-order valence-electron chi connectivity index (χ0n) is 11.0. The predicted molar refractivity (Wildman–Crippen MR) is 75.9 cm³/mol. The summed E-state index contributed by atoms with van der Waals surface area (Å²) in [6, 6.07) is 8.35. The van der Waals surface area contributed by atoms with Gasteiger partial charge in [0.1, 0.15) is 0 Å². The Morgan fingerprint density at radius 2 is 2.11 bits per heavy atom. The van der Waals surface area contributed by atoms with Crippen LogP contribution in [0.25, 0.3) is 0 Å². The van der Waals surface area contributed by atoms with E-state index in [0.717, 1.165) is 23.1 Å². The van der Waals surface area contributed by atoms with Crippen LogP contribution < -0.4 is 5.32 Å². The van der Waals surface area contributed by atoms with Crippen molar-refractivity contribution in [1.82, 2.24) is 15.5 Å². The minimum Gasteiger partial charge on any atom is -0.338 e. The Kier molecular flexibility index (Phi) is 3.19. The number of nitrogens with zero attached hydrogens (tertiary/aromatic N) is 2. The Morgan fingerprint density at radius 3 is 2.74 bits per heavy atom. The molecule has 0 bridgehead atoms. The van der Waals surface area contributed by atoms with Crippen molar-refractivity contribution >= 4 is 15.9 Å². The molecule has 4 nitrogen and oxygen atoms in total. The van der Waals surface area contributed by atoms with Gasteiger partial charge in [-0.25, -0.2) is 0 Å². The quantitative estimate of drug-likeness (QED) is 0.939. The van der Waals surface area contributed by atoms with Gasteiger partial charge in [-0.1, -0.05) is 39.3 Å². The van der Waals surface area contributed by atoms with E-state index in [4.69, 9.17) is 4.52 Å². The van der Waals surface area contributed by atoms with Crippen LogP contribution in [0.2, 0.25) is 0 Å². The first-order valence-electron chi connectivity index (χ1n) is 6.44. The molecule has 1 aromatic heterocycles. The molecule has 0 spiro atoms. The highest BCUT2D eigenvalue weighted by atomic mass is 79.9. The molecule has 5 heteroatoms. The van der Waals surface area contributed by atoms with Crippen molar-refractivity contribution in [3.05, 3.63) is 46.0 Å². The number of hydrogen-bond donors (Lipinski definition) is 1. The van der Waals surface area contributed by atoms with Crippen LogP contribution in [0.3, 0.4) is 0 Å². The van der Waals surface area contributed by atoms with Crippen molar-refractivity contribution in [1.29, 1.82) is 0 Å². The van der Waals surface area contributed by atoms with E-state index in [1.807, 2.05) is 20.0 Å². The second-order valence-corrected chi connectivity index (χ2v) is 5.88. The summed E-state index contributed by atoms with van der Waals surface area (Å²) in [7, 11) is 1.88. The van der Waals surface area contributed by atoms with E-state index < -0.39 is 0 Å². The summed E-state index contributed by atoms with van der Waals surface area (Å²) in [5.41, 5.74) is 1.19. The Balaban J connectivity index is 1.98. The molecule has 100 valence electrons. The van der Waals surface area contributed by atoms with Crippen molar-refractivity contribution in [2.24, 2.45) is 0 Å². The standard InChI is InChI=1S/C14H16BrN3O/c1-9(16-2)12-17-13(18-19-12)14(7-8-14)10-5-3-4-6-11(10)15/h3-6,9,16H,7-8H2,1-2H3/t9-/m0/s1. The lowest BCUT2D eigenvalue weighted by Gasteiger charge is -2.12. The van der Waals surface area contributed by atoms with E-state index in [0.29, 0.717) is 5.89 Å². The number of hydrogen-bond acceptors (Lipinski definition) is 4. The van der Waals surface area contributed by atoms with Gasteiger partial charge >= 0.3 is 0 Å². The number of halogens is 1. The van der Waals surface area contributed by atoms with Crippen molar-refractivity contribution in [3.8, 4) is 0 Å². The van der Waals surface area contributed by atoms with E-state index in [1.54, 1.807) is 0 Å². The van der Waals surface area contributed by atoms with Gasteiger partial charge in [-0.2, -0.15) is 4.98 Å². The molecular formula is C14H16BrN3O. The van der Waals surface area contributed by atoms with Crippen LogP contribution in [0.5, 0.6) is 0 Å². The monoisotopic (exact) mass is 321 g/mol. The lowest BCUT2D eigenvalue weighted by atomic mass is 9.95. The Hall–Kier alpha value is -1.20. The molecule has 1 heterocycles. The molecule has 0 aliphatic heterocycles. The molecule has 1 aliphatic carbocycles. The first-order chi connectivity index (χ1) is 9.17. The summed E-state index contributed by atoms with van der Waals surface area (Å²) in [5, 5.41) is 7.30. The average molecular weight is 322 g/mol. The average Bonchev–Trinajstić information content (AvgIpc) is 3.08. The predicted octanol–water partition coefficient (Wildman–Crippen LogP) is 3.19. The van der Waals surface area contributed by atoms with Gasteiger partial charge in [0.25, 0.3) is 0 Å². The summed E-state index contributed by atoms with van der Waals surface area (Å²) in [5.74, 6) is 1.45. The van der Waals surface area contributed by atoms with Crippen molar-refractivity contribution in [2.75, 3.05) is 7.05 Å². The first kappa shape index (κ1) is 12.8. The lowest BCUT2D eigenvalue weighted by molar-refractivity contribution is 0.341. The number of aromatic nitrogens is 2. The number of benzene rings is 1. The fourth-order valence-electron chi connectivity index (χ4n) is 2.32. The van der Waals surface area contributed by atoms with Crippen LogP contribution in [0.1, 0.15) is 43.1 Å². The Labute approximate surface area is 120 Å². The molecule has 1 atom stereocenters. The van der Waals surface area contributed by atoms with E-state index in [1.165, 1.54) is 5.56 Å². The highest BCUT2D eigenvalue weighted by Gasteiger charge is 2.51. The maximum absolute atomic E-state index is 5.37. The van der Waals surface area contributed by atoms with Crippen molar-refractivity contribution < 1.29 is 4.52 Å². The molecular weight excluding hydrogens is 306 g/mol. The molecule has 0 unspecified atom stereocenters. The van der Waals surface area contributed by atoms with Gasteiger partial charge in [-0.05, 0) is 38.4 Å². The fraction of sp³-hybridized carbons (Fsp3) is 0.429. The normalized spacial score (nSPS) is 18.3. The van der Waals surface area contributed by atoms with E-state index in [2.05, 4.69) is 49.6 Å². The second-order valence-electron chi connectivity index (χ2n) is 5.03. The third-order valence-electron chi connectivity index (χ3n) is 3.81. The van der Waals surface area contributed by atoms with Gasteiger partial charge in [0.05, 0.1) is 11.5 Å². The van der Waals surface area contributed by atoms with E-state index in [-0.39, 0.29) is 11.5 Å². The van der Waals surface area contributed by atoms with Crippen LogP contribution in [-0.4, -0.2) is 17.2 Å². The maximum atomic E-state index is 5.37. The third kappa shape index (κ3) is 2.11. The lowest BCUT2D eigenvalue weighted by Crippen LogP contribution is -2.14. The van der Waals surface area contributed by atoms with Crippen LogP contribution in [-0.2, 0) is 5.41 Å². The van der Waals surface area contributed by atoms with E-state index >= 15 is 0 Å². The largest absolute Gasteiger partial charge is 0.338 e. The van der Waals surface area contributed by atoms with Crippen molar-refractivity contribution in [2.45, 2.75) is 31.2 Å². The summed E-state index contributed by atoms with van der Waals surface area (Å²) < 4.78 is 6.48. The van der Waals surface area contributed by atoms with Gasteiger partial charge in [-0.3, -0.25) is 0 Å². The maximum Gasteiger partial charge on any atom is 0.243 e. The molecule has 3 rings (SSSR count). The van der Waals surface area contributed by atoms with E-state index in [9.17, 15) is 0 Å². The summed E-state index contributed by atoms with van der Waals surface area (Å²) >= 11 is 3.62. The minimum atomic E-state index is -0.0602. The molecule has 2 aromatic rings. The van der Waals surface area contributed by atoms with Gasteiger partial charge in [0.15, 0.2) is 5.82 Å². The van der Waals surface area contributed by atoms with Gasteiger partial charge in [0.2, 0.25) is 5.89 Å². The van der Waals surface area contributed by atoms with Crippen molar-refractivity contribution in [3.63, 3.8) is 0 Å². The first-order valence-corrected chi connectivity index (χ1v) is 7.23. The molecule has 1 fully saturated rings. The summed E-state index contributed by atoms with van der Waals surface area (Å²) in [6.07, 6.45) is 2.14. The SMILES string of the molecule is CN[C@@H](C)c1nc(C2(c3ccccc3Br)CC2)no1. The van der Waals surface area contributed by atoms with Gasteiger partial charge in [-0.15, -0.1) is 0 Å². The second kappa shape index (κ2) is 4.72. The Bertz CT molecular complexity index is 592. The molecule has 0 amide bonds. The summed E-state index contributed by atoms with van der Waals surface area (Å²) in [6.45, 7) is 2.01. The van der Waals surface area contributed by atoms with Crippen LogP contribution in [0, 0.1) is 0 Å². The van der Waals surface area contributed by atoms with Gasteiger partial charge in [0, 0.05) is 4.47 Å². The molecule has 1 aromatic carbocycles. The molecule has 19 heavy (non-hydrogen) atoms. The minimum absolute atomic E-state index is 0.0602. The number of nitrogens with one attached hydrogen (secondary N) is 1. The number of rotatable bonds is 4. The third-order valence-corrected chi connectivity index (χ3v) is 4.50. The molecule has 0 radical (unpaired) electrons. The molecule has 0 saturated heterocycles. The smallest absolute Gasteiger partial charge is 0.243 e. The topological polar surface area (TPSA) is 51.0 Å². The highest BCUT2D eigenvalue weighted by Crippen LogP contribution is 2.54. The molecule has 1 aliphatic rings. The van der Waals surface area contributed by atoms with Gasteiger partial charge < -0.3 is 9.84 Å². The zero-order chi connectivity index (χ0) is 13.5. The van der Waals surface area contributed by atoms with Crippen LogP contribution in [0.4, 0.5) is 0 Å². The van der Waals surface area contributed by atoms with Crippen LogP contribution >= 0.6 is 15.9 Å². The Morgan fingerprint density at radius 1 is 1.37 bits per heavy atom. The van der Waals surface area contributed by atoms with Crippen LogP contribution in [0.15, 0.2) is 33.3 Å². The molecule has 1 N–H and O–H groups in total. The molecule has 1 saturated carbocycles. The fourth-order valence-corrected chi connectivity index (χ4v) is 2.98. The zero-order valence-corrected chi connectivity index (χ0v) is 12.6. The summed E-state index contributed by atoms with van der Waals surface area (Å²) in [4.78, 5) is 4.57.